The Morgan fingerprint density at radius 1 is 1.12 bits per heavy atom. The number of amides is 1. The van der Waals surface area contributed by atoms with E-state index in [1.807, 2.05) is 55.3 Å². The molecule has 0 saturated carbocycles. The number of fused-ring (bicyclic) bond motifs is 4. The van der Waals surface area contributed by atoms with Crippen molar-refractivity contribution in [3.05, 3.63) is 77.3 Å². The van der Waals surface area contributed by atoms with Crippen LogP contribution in [0.2, 0.25) is 0 Å². The molecule has 3 aromatic heterocycles. The van der Waals surface area contributed by atoms with Gasteiger partial charge in [-0.1, -0.05) is 29.5 Å². The molecular formula is C30H29N7O3. The number of allylic oxidation sites excluding steroid dienone is 4. The first-order valence-corrected chi connectivity index (χ1v) is 13.4. The van der Waals surface area contributed by atoms with Gasteiger partial charge in [-0.05, 0) is 43.8 Å². The number of ether oxygens (including phenoxy) is 1. The molecule has 1 aliphatic carbocycles. The Kier molecular flexibility index (Phi) is 5.78. The number of aryl methyl sites for hydroxylation is 2. The fourth-order valence-electron chi connectivity index (χ4n) is 5.85. The number of methoxy groups -OCH3 is 1. The van der Waals surface area contributed by atoms with Crippen molar-refractivity contribution in [3.63, 3.8) is 0 Å². The Morgan fingerprint density at radius 2 is 1.98 bits per heavy atom. The van der Waals surface area contributed by atoms with Gasteiger partial charge in [0.25, 0.3) is 5.91 Å². The van der Waals surface area contributed by atoms with Crippen molar-refractivity contribution >= 4 is 33.4 Å². The highest BCUT2D eigenvalue weighted by atomic mass is 16.5. The van der Waals surface area contributed by atoms with E-state index in [9.17, 15) is 4.79 Å². The zero-order valence-electron chi connectivity index (χ0n) is 22.5. The molecular weight excluding hydrogens is 506 g/mol. The van der Waals surface area contributed by atoms with E-state index in [0.717, 1.165) is 57.3 Å². The molecule has 3 aliphatic rings. The molecule has 10 nitrogen and oxygen atoms in total. The van der Waals surface area contributed by atoms with Crippen molar-refractivity contribution in [2.75, 3.05) is 33.3 Å². The van der Waals surface area contributed by atoms with Crippen molar-refractivity contribution < 1.29 is 14.1 Å². The molecule has 2 aliphatic heterocycles. The summed E-state index contributed by atoms with van der Waals surface area (Å²) in [6.07, 6.45) is 12.2. The van der Waals surface area contributed by atoms with Crippen LogP contribution in [0.1, 0.15) is 27.8 Å². The average molecular weight is 536 g/mol. The number of nitrogens with one attached hydrogen (secondary N) is 3. The summed E-state index contributed by atoms with van der Waals surface area (Å²) in [5.41, 5.74) is 6.74. The molecule has 40 heavy (non-hydrogen) atoms. The first kappa shape index (κ1) is 24.3. The zero-order valence-corrected chi connectivity index (χ0v) is 22.5. The summed E-state index contributed by atoms with van der Waals surface area (Å²) in [4.78, 5) is 28.7. The lowest BCUT2D eigenvalue weighted by atomic mass is 9.91. The molecule has 0 spiro atoms. The van der Waals surface area contributed by atoms with E-state index in [-0.39, 0.29) is 17.8 Å². The van der Waals surface area contributed by atoms with Gasteiger partial charge in [-0.25, -0.2) is 9.97 Å². The van der Waals surface area contributed by atoms with Crippen molar-refractivity contribution in [1.29, 1.82) is 0 Å². The highest BCUT2D eigenvalue weighted by Gasteiger charge is 2.28. The van der Waals surface area contributed by atoms with Crippen LogP contribution in [-0.4, -0.2) is 70.2 Å². The molecule has 1 amide bonds. The Hall–Kier alpha value is -4.70. The predicted molar refractivity (Wildman–Crippen MR) is 153 cm³/mol. The number of carbonyl (C=O) groups is 1. The van der Waals surface area contributed by atoms with Gasteiger partial charge in [0.15, 0.2) is 0 Å². The molecule has 1 fully saturated rings. The number of aromatic nitrogens is 4. The number of piperazine rings is 1. The summed E-state index contributed by atoms with van der Waals surface area (Å²) in [5.74, 6) is 1.41. The van der Waals surface area contributed by atoms with Crippen LogP contribution < -0.4 is 15.4 Å². The molecule has 1 aromatic carbocycles. The SMILES string of the molecule is COc1cc2c(cc1-c1c(C)noc1C)[nH]c1nc(C(=O)N3CCNCC3)nc(C3=C4C=CC=CC4NC=C3)c12. The van der Waals surface area contributed by atoms with E-state index >= 15 is 0 Å². The molecule has 4 aromatic rings. The third-order valence-electron chi connectivity index (χ3n) is 7.79. The smallest absolute Gasteiger partial charge is 0.291 e. The van der Waals surface area contributed by atoms with E-state index in [4.69, 9.17) is 19.2 Å². The molecule has 5 heterocycles. The van der Waals surface area contributed by atoms with Gasteiger partial charge in [0.2, 0.25) is 5.82 Å². The van der Waals surface area contributed by atoms with Gasteiger partial charge < -0.3 is 29.8 Å². The number of benzene rings is 1. The monoisotopic (exact) mass is 535 g/mol. The van der Waals surface area contributed by atoms with Gasteiger partial charge in [0.1, 0.15) is 17.2 Å². The van der Waals surface area contributed by atoms with Gasteiger partial charge in [0.05, 0.1) is 35.5 Å². The Bertz CT molecular complexity index is 1780. The minimum absolute atomic E-state index is 0.0215. The number of carbonyl (C=O) groups excluding carboxylic acids is 1. The van der Waals surface area contributed by atoms with E-state index in [1.54, 1.807) is 7.11 Å². The molecule has 1 unspecified atom stereocenters. The predicted octanol–water partition coefficient (Wildman–Crippen LogP) is 3.80. The van der Waals surface area contributed by atoms with Gasteiger partial charge in [-0.2, -0.15) is 0 Å². The highest BCUT2D eigenvalue weighted by Crippen LogP contribution is 2.41. The molecule has 1 atom stereocenters. The van der Waals surface area contributed by atoms with Gasteiger partial charge in [-0.3, -0.25) is 4.79 Å². The summed E-state index contributed by atoms with van der Waals surface area (Å²) in [6.45, 7) is 6.54. The van der Waals surface area contributed by atoms with Crippen LogP contribution >= 0.6 is 0 Å². The number of hydrogen-bond acceptors (Lipinski definition) is 8. The summed E-state index contributed by atoms with van der Waals surface area (Å²) in [6, 6.07) is 4.06. The molecule has 0 bridgehead atoms. The Labute approximate surface area is 230 Å². The minimum atomic E-state index is -0.170. The maximum absolute atomic E-state index is 13.6. The van der Waals surface area contributed by atoms with Crippen LogP contribution in [0.5, 0.6) is 5.75 Å². The second kappa shape index (κ2) is 9.49. The quantitative estimate of drug-likeness (QED) is 0.361. The molecule has 0 radical (unpaired) electrons. The highest BCUT2D eigenvalue weighted by molar-refractivity contribution is 6.13. The van der Waals surface area contributed by atoms with Gasteiger partial charge in [-0.15, -0.1) is 0 Å². The topological polar surface area (TPSA) is 121 Å². The largest absolute Gasteiger partial charge is 0.496 e. The lowest BCUT2D eigenvalue weighted by Crippen LogP contribution is -2.46. The molecule has 202 valence electrons. The van der Waals surface area contributed by atoms with Crippen molar-refractivity contribution in [2.24, 2.45) is 0 Å². The molecule has 7 rings (SSSR count). The first-order chi connectivity index (χ1) is 19.5. The van der Waals surface area contributed by atoms with Crippen LogP contribution in [0.15, 0.2) is 58.8 Å². The van der Waals surface area contributed by atoms with Crippen molar-refractivity contribution in [3.8, 4) is 16.9 Å². The number of nitrogens with zero attached hydrogens (tertiary/aromatic N) is 4. The van der Waals surface area contributed by atoms with E-state index < -0.39 is 0 Å². The summed E-state index contributed by atoms with van der Waals surface area (Å²) >= 11 is 0. The minimum Gasteiger partial charge on any atom is -0.496 e. The zero-order chi connectivity index (χ0) is 27.4. The standard InChI is InChI=1S/C30H29N7O3/c1-16-25(17(2)40-36-16)21-14-23-20(15-24(21)39-3)26-27(19-8-9-32-22-7-5-4-6-18(19)22)34-29(35-28(26)33-23)30(38)37-12-10-31-11-13-37/h4-9,14-15,22,31-32H,10-13H2,1-3H3,(H,33,34,35). The van der Waals surface area contributed by atoms with Crippen LogP contribution in [0.25, 0.3) is 38.6 Å². The van der Waals surface area contributed by atoms with E-state index in [0.29, 0.717) is 35.9 Å². The maximum Gasteiger partial charge on any atom is 0.291 e. The van der Waals surface area contributed by atoms with Crippen LogP contribution in [0, 0.1) is 13.8 Å². The van der Waals surface area contributed by atoms with Gasteiger partial charge in [0, 0.05) is 48.2 Å². The van der Waals surface area contributed by atoms with Crippen LogP contribution in [-0.2, 0) is 0 Å². The third-order valence-corrected chi connectivity index (χ3v) is 7.79. The van der Waals surface area contributed by atoms with Crippen molar-refractivity contribution in [1.82, 2.24) is 35.6 Å². The number of aromatic amines is 1. The number of hydrogen-bond donors (Lipinski definition) is 3. The van der Waals surface area contributed by atoms with E-state index in [2.05, 4.69) is 32.9 Å². The second-order valence-corrected chi connectivity index (χ2v) is 10.2. The van der Waals surface area contributed by atoms with Gasteiger partial charge >= 0.3 is 0 Å². The first-order valence-electron chi connectivity index (χ1n) is 13.4. The fourth-order valence-corrected chi connectivity index (χ4v) is 5.85. The number of dihydropyridines is 1. The fraction of sp³-hybridized carbons (Fsp3) is 0.267. The molecule has 3 N–H and O–H groups in total. The number of rotatable bonds is 4. The second-order valence-electron chi connectivity index (χ2n) is 10.2. The summed E-state index contributed by atoms with van der Waals surface area (Å²) < 4.78 is 11.3. The third kappa shape index (κ3) is 3.83. The number of H-pyrrole nitrogens is 1. The molecule has 1 saturated heterocycles. The normalized spacial score (nSPS) is 18.5. The van der Waals surface area contributed by atoms with Crippen LogP contribution in [0.4, 0.5) is 0 Å². The lowest BCUT2D eigenvalue weighted by molar-refractivity contribution is 0.0723. The van der Waals surface area contributed by atoms with Crippen molar-refractivity contribution in [2.45, 2.75) is 19.9 Å². The Morgan fingerprint density at radius 3 is 2.75 bits per heavy atom. The van der Waals surface area contributed by atoms with Crippen LogP contribution in [0.3, 0.4) is 0 Å². The summed E-state index contributed by atoms with van der Waals surface area (Å²) in [7, 11) is 1.66. The lowest BCUT2D eigenvalue weighted by Gasteiger charge is -2.27. The Balaban J connectivity index is 1.50. The van der Waals surface area contributed by atoms with E-state index in [1.165, 1.54) is 0 Å². The molecule has 10 heteroatoms. The maximum atomic E-state index is 13.6. The average Bonchev–Trinajstić information content (AvgIpc) is 3.53. The summed E-state index contributed by atoms with van der Waals surface area (Å²) in [5, 5.41) is 12.6.